The van der Waals surface area contributed by atoms with Crippen LogP contribution in [0.5, 0.6) is 5.75 Å². The minimum atomic E-state index is -0.533. The standard InChI is InChI=1S/C23H17N5O2/c24-23(29)17-4-2-8-26-21(17)12-30-22-11-15(10-19-16(22)3-1-7-25-19)14-5-6-18-20(9-14)28-13-27-18/h1-11,13H,12H2,(H2,24,29)(H,27,28). The van der Waals surface area contributed by atoms with Crippen molar-refractivity contribution in [2.24, 2.45) is 5.73 Å². The van der Waals surface area contributed by atoms with Crippen LogP contribution in [0.25, 0.3) is 33.1 Å². The second-order valence-electron chi connectivity index (χ2n) is 6.83. The first kappa shape index (κ1) is 17.8. The number of amides is 1. The first-order valence-corrected chi connectivity index (χ1v) is 9.38. The normalized spacial score (nSPS) is 11.1. The maximum Gasteiger partial charge on any atom is 0.250 e. The van der Waals surface area contributed by atoms with Crippen LogP contribution in [0.2, 0.25) is 0 Å². The van der Waals surface area contributed by atoms with Crippen molar-refractivity contribution in [2.45, 2.75) is 6.61 Å². The molecule has 7 nitrogen and oxygen atoms in total. The minimum Gasteiger partial charge on any atom is -0.487 e. The molecule has 1 amide bonds. The van der Waals surface area contributed by atoms with Crippen LogP contribution in [0.4, 0.5) is 0 Å². The Morgan fingerprint density at radius 2 is 1.77 bits per heavy atom. The number of ether oxygens (including phenoxy) is 1. The van der Waals surface area contributed by atoms with E-state index in [1.165, 1.54) is 0 Å². The van der Waals surface area contributed by atoms with E-state index in [0.29, 0.717) is 17.0 Å². The summed E-state index contributed by atoms with van der Waals surface area (Å²) >= 11 is 0. The van der Waals surface area contributed by atoms with Gasteiger partial charge in [0.1, 0.15) is 12.4 Å². The van der Waals surface area contributed by atoms with Gasteiger partial charge in [-0.05, 0) is 59.7 Å². The van der Waals surface area contributed by atoms with Gasteiger partial charge in [0.2, 0.25) is 0 Å². The molecule has 0 radical (unpaired) electrons. The number of carbonyl (C=O) groups is 1. The van der Waals surface area contributed by atoms with Crippen molar-refractivity contribution in [3.8, 4) is 16.9 Å². The van der Waals surface area contributed by atoms with Gasteiger partial charge in [0.05, 0.1) is 34.1 Å². The summed E-state index contributed by atoms with van der Waals surface area (Å²) in [6.45, 7) is 0.116. The molecule has 7 heteroatoms. The van der Waals surface area contributed by atoms with Crippen molar-refractivity contribution in [1.82, 2.24) is 19.9 Å². The van der Waals surface area contributed by atoms with E-state index in [9.17, 15) is 4.79 Å². The number of nitrogens with two attached hydrogens (primary N) is 1. The van der Waals surface area contributed by atoms with Gasteiger partial charge in [0, 0.05) is 17.8 Å². The topological polar surface area (TPSA) is 107 Å². The summed E-state index contributed by atoms with van der Waals surface area (Å²) in [4.78, 5) is 27.9. The van der Waals surface area contributed by atoms with Crippen LogP contribution in [0.3, 0.4) is 0 Å². The quantitative estimate of drug-likeness (QED) is 0.470. The number of carbonyl (C=O) groups excluding carboxylic acids is 1. The second kappa shape index (κ2) is 7.29. The lowest BCUT2D eigenvalue weighted by atomic mass is 10.0. The van der Waals surface area contributed by atoms with Crippen LogP contribution in [0.15, 0.2) is 73.3 Å². The average molecular weight is 395 g/mol. The predicted molar refractivity (Wildman–Crippen MR) is 114 cm³/mol. The molecule has 3 N–H and O–H groups in total. The van der Waals surface area contributed by atoms with Crippen molar-refractivity contribution in [3.63, 3.8) is 0 Å². The summed E-state index contributed by atoms with van der Waals surface area (Å²) < 4.78 is 6.10. The molecule has 0 aliphatic heterocycles. The van der Waals surface area contributed by atoms with Gasteiger partial charge in [-0.1, -0.05) is 6.07 Å². The van der Waals surface area contributed by atoms with E-state index < -0.39 is 5.91 Å². The first-order valence-electron chi connectivity index (χ1n) is 9.38. The number of benzene rings is 2. The number of nitrogens with one attached hydrogen (secondary N) is 1. The highest BCUT2D eigenvalue weighted by Gasteiger charge is 2.13. The molecule has 146 valence electrons. The van der Waals surface area contributed by atoms with Gasteiger partial charge in [-0.2, -0.15) is 0 Å². The summed E-state index contributed by atoms with van der Waals surface area (Å²) in [6, 6.07) is 17.1. The van der Waals surface area contributed by atoms with Crippen molar-refractivity contribution < 1.29 is 9.53 Å². The molecule has 5 aromatic rings. The average Bonchev–Trinajstić information content (AvgIpc) is 3.25. The lowest BCUT2D eigenvalue weighted by molar-refractivity contribution is 0.0997. The molecule has 5 rings (SSSR count). The van der Waals surface area contributed by atoms with E-state index in [0.717, 1.165) is 33.1 Å². The SMILES string of the molecule is NC(=O)c1cccnc1COc1cc(-c2ccc3[nH]cnc3c2)cc2ncccc12. The van der Waals surface area contributed by atoms with E-state index in [2.05, 4.69) is 19.9 Å². The number of aromatic nitrogens is 4. The molecule has 3 aromatic heterocycles. The monoisotopic (exact) mass is 395 g/mol. The highest BCUT2D eigenvalue weighted by atomic mass is 16.5. The first-order chi connectivity index (χ1) is 14.7. The number of primary amides is 1. The summed E-state index contributed by atoms with van der Waals surface area (Å²) in [6.07, 6.45) is 5.03. The molecule has 0 aliphatic rings. The van der Waals surface area contributed by atoms with E-state index >= 15 is 0 Å². The summed E-state index contributed by atoms with van der Waals surface area (Å²) in [7, 11) is 0. The molecule has 3 heterocycles. The van der Waals surface area contributed by atoms with Crippen LogP contribution in [0, 0.1) is 0 Å². The Hall–Kier alpha value is -4.26. The van der Waals surface area contributed by atoms with Crippen molar-refractivity contribution >= 4 is 27.8 Å². The van der Waals surface area contributed by atoms with E-state index in [1.807, 2.05) is 42.5 Å². The molecule has 0 fully saturated rings. The number of H-pyrrole nitrogens is 1. The van der Waals surface area contributed by atoms with Gasteiger partial charge in [-0.3, -0.25) is 14.8 Å². The van der Waals surface area contributed by atoms with E-state index in [1.54, 1.807) is 30.9 Å². The zero-order chi connectivity index (χ0) is 20.5. The van der Waals surface area contributed by atoms with Crippen molar-refractivity contribution in [2.75, 3.05) is 0 Å². The Morgan fingerprint density at radius 1 is 0.933 bits per heavy atom. The van der Waals surface area contributed by atoms with Gasteiger partial charge in [-0.15, -0.1) is 0 Å². The lowest BCUT2D eigenvalue weighted by Gasteiger charge is -2.13. The van der Waals surface area contributed by atoms with Crippen LogP contribution in [-0.4, -0.2) is 25.8 Å². The number of aromatic amines is 1. The number of hydrogen-bond acceptors (Lipinski definition) is 5. The number of nitrogens with zero attached hydrogens (tertiary/aromatic N) is 3. The summed E-state index contributed by atoms with van der Waals surface area (Å²) in [5.41, 5.74) is 10.9. The fourth-order valence-electron chi connectivity index (χ4n) is 3.47. The zero-order valence-electron chi connectivity index (χ0n) is 15.9. The number of fused-ring (bicyclic) bond motifs is 2. The van der Waals surface area contributed by atoms with Crippen LogP contribution < -0.4 is 10.5 Å². The Bertz CT molecular complexity index is 1390. The zero-order valence-corrected chi connectivity index (χ0v) is 15.9. The molecule has 2 aromatic carbocycles. The van der Waals surface area contributed by atoms with Crippen LogP contribution in [0.1, 0.15) is 16.1 Å². The number of pyridine rings is 2. The van der Waals surface area contributed by atoms with Crippen LogP contribution >= 0.6 is 0 Å². The van der Waals surface area contributed by atoms with Gasteiger partial charge >= 0.3 is 0 Å². The molecular weight excluding hydrogens is 378 g/mol. The third kappa shape index (κ3) is 3.22. The number of imidazole rings is 1. The molecule has 0 unspecified atom stereocenters. The maximum absolute atomic E-state index is 11.7. The summed E-state index contributed by atoms with van der Waals surface area (Å²) in [5.74, 6) is 0.119. The minimum absolute atomic E-state index is 0.116. The fraction of sp³-hybridized carbons (Fsp3) is 0.0435. The molecule has 0 atom stereocenters. The lowest BCUT2D eigenvalue weighted by Crippen LogP contribution is -2.15. The van der Waals surface area contributed by atoms with Gasteiger partial charge in [-0.25, -0.2) is 4.98 Å². The van der Waals surface area contributed by atoms with E-state index in [-0.39, 0.29) is 6.61 Å². The molecule has 0 saturated heterocycles. The maximum atomic E-state index is 11.7. The van der Waals surface area contributed by atoms with Gasteiger partial charge in [0.25, 0.3) is 5.91 Å². The Morgan fingerprint density at radius 3 is 2.67 bits per heavy atom. The highest BCUT2D eigenvalue weighted by molar-refractivity contribution is 5.94. The highest BCUT2D eigenvalue weighted by Crippen LogP contribution is 2.33. The van der Waals surface area contributed by atoms with Gasteiger partial charge in [0.15, 0.2) is 0 Å². The Labute approximate surface area is 171 Å². The molecule has 0 spiro atoms. The molecule has 30 heavy (non-hydrogen) atoms. The second-order valence-corrected chi connectivity index (χ2v) is 6.83. The predicted octanol–water partition coefficient (Wildman–Crippen LogP) is 3.85. The third-order valence-corrected chi connectivity index (χ3v) is 4.96. The number of hydrogen-bond donors (Lipinski definition) is 2. The molecule has 0 bridgehead atoms. The Balaban J connectivity index is 1.56. The smallest absolute Gasteiger partial charge is 0.250 e. The third-order valence-electron chi connectivity index (χ3n) is 4.96. The molecular formula is C23H17N5O2. The largest absolute Gasteiger partial charge is 0.487 e. The van der Waals surface area contributed by atoms with Gasteiger partial charge < -0.3 is 15.5 Å². The van der Waals surface area contributed by atoms with Crippen molar-refractivity contribution in [1.29, 1.82) is 0 Å². The van der Waals surface area contributed by atoms with Crippen molar-refractivity contribution in [3.05, 3.63) is 84.6 Å². The Kier molecular flexibility index (Phi) is 4.33. The van der Waals surface area contributed by atoms with E-state index in [4.69, 9.17) is 10.5 Å². The number of rotatable bonds is 5. The molecule has 0 saturated carbocycles. The fourth-order valence-corrected chi connectivity index (χ4v) is 3.47. The molecule has 0 aliphatic carbocycles. The summed E-state index contributed by atoms with van der Waals surface area (Å²) in [5, 5.41) is 0.874. The van der Waals surface area contributed by atoms with Crippen LogP contribution in [-0.2, 0) is 6.61 Å².